The Morgan fingerprint density at radius 2 is 2.08 bits per heavy atom. The van der Waals surface area contributed by atoms with E-state index in [2.05, 4.69) is 27.5 Å². The molecule has 2 rings (SSSR count). The van der Waals surface area contributed by atoms with Gasteiger partial charge < -0.3 is 15.4 Å². The van der Waals surface area contributed by atoms with Crippen molar-refractivity contribution in [3.63, 3.8) is 0 Å². The van der Waals surface area contributed by atoms with Crippen molar-refractivity contribution in [3.8, 4) is 5.75 Å². The Labute approximate surface area is 150 Å². The van der Waals surface area contributed by atoms with Crippen molar-refractivity contribution in [1.82, 2.24) is 15.6 Å². The number of aryl methyl sites for hydroxylation is 1. The molecule has 1 heterocycles. The van der Waals surface area contributed by atoms with E-state index in [0.717, 1.165) is 30.1 Å². The fraction of sp³-hybridized carbons (Fsp3) is 0.412. The first kappa shape index (κ1) is 19.1. The van der Waals surface area contributed by atoms with E-state index in [4.69, 9.17) is 4.74 Å². The lowest BCUT2D eigenvalue weighted by Crippen LogP contribution is -2.39. The molecular formula is C17H22F2N4OS. The number of hydrogen-bond donors (Lipinski definition) is 2. The molecule has 1 aromatic carbocycles. The van der Waals surface area contributed by atoms with Gasteiger partial charge in [-0.25, -0.2) is 18.8 Å². The largest absolute Gasteiger partial charge is 0.492 e. The number of aliphatic imine (C=N–C) groups is 1. The minimum absolute atomic E-state index is 0.289. The number of aromatic nitrogens is 1. The molecule has 2 aromatic rings. The zero-order valence-electron chi connectivity index (χ0n) is 14.3. The molecule has 0 saturated carbocycles. The highest BCUT2D eigenvalue weighted by molar-refractivity contribution is 7.11. The summed E-state index contributed by atoms with van der Waals surface area (Å²) in [4.78, 5) is 10.1. The Kier molecular flexibility index (Phi) is 7.59. The Balaban J connectivity index is 1.80. The molecule has 0 saturated heterocycles. The van der Waals surface area contributed by atoms with Crippen LogP contribution in [0.2, 0.25) is 0 Å². The molecule has 0 unspecified atom stereocenters. The van der Waals surface area contributed by atoms with E-state index in [0.29, 0.717) is 25.7 Å². The minimum Gasteiger partial charge on any atom is -0.492 e. The summed E-state index contributed by atoms with van der Waals surface area (Å²) in [5.41, 5.74) is 0. The van der Waals surface area contributed by atoms with Crippen LogP contribution >= 0.6 is 11.3 Å². The van der Waals surface area contributed by atoms with Crippen LogP contribution in [0.5, 0.6) is 5.75 Å². The third-order valence-electron chi connectivity index (χ3n) is 3.22. The van der Waals surface area contributed by atoms with Crippen molar-refractivity contribution in [2.75, 3.05) is 19.7 Å². The van der Waals surface area contributed by atoms with Gasteiger partial charge in [0.15, 0.2) is 17.6 Å². The number of benzene rings is 1. The van der Waals surface area contributed by atoms with Gasteiger partial charge in [0.25, 0.3) is 0 Å². The molecule has 0 bridgehead atoms. The lowest BCUT2D eigenvalue weighted by molar-refractivity contribution is 0.318. The first-order valence-electron chi connectivity index (χ1n) is 8.16. The normalized spacial score (nSPS) is 11.4. The van der Waals surface area contributed by atoms with Crippen molar-refractivity contribution in [2.45, 2.75) is 26.8 Å². The Bertz CT molecular complexity index is 706. The van der Waals surface area contributed by atoms with E-state index in [-0.39, 0.29) is 5.75 Å². The fourth-order valence-electron chi connectivity index (χ4n) is 1.98. The maximum absolute atomic E-state index is 13.1. The van der Waals surface area contributed by atoms with Crippen LogP contribution in [-0.2, 0) is 13.0 Å². The van der Waals surface area contributed by atoms with Crippen LogP contribution in [0.4, 0.5) is 8.78 Å². The molecule has 1 aromatic heterocycles. The Morgan fingerprint density at radius 1 is 1.24 bits per heavy atom. The lowest BCUT2D eigenvalue weighted by atomic mass is 10.3. The predicted molar refractivity (Wildman–Crippen MR) is 96.2 cm³/mol. The molecule has 0 spiro atoms. The second-order valence-corrected chi connectivity index (χ2v) is 6.32. The van der Waals surface area contributed by atoms with Crippen molar-refractivity contribution >= 4 is 17.3 Å². The summed E-state index contributed by atoms with van der Waals surface area (Å²) in [6.07, 6.45) is 2.85. The van der Waals surface area contributed by atoms with E-state index in [1.165, 1.54) is 10.9 Å². The second kappa shape index (κ2) is 9.93. The summed E-state index contributed by atoms with van der Waals surface area (Å²) in [7, 11) is 0. The number of hydrogen-bond acceptors (Lipinski definition) is 4. The van der Waals surface area contributed by atoms with Gasteiger partial charge in [-0.3, -0.25) is 0 Å². The summed E-state index contributed by atoms with van der Waals surface area (Å²) in [6, 6.07) is 3.47. The molecule has 0 aliphatic carbocycles. The van der Waals surface area contributed by atoms with Crippen molar-refractivity contribution in [2.24, 2.45) is 4.99 Å². The zero-order valence-corrected chi connectivity index (χ0v) is 15.1. The van der Waals surface area contributed by atoms with Crippen molar-refractivity contribution in [3.05, 3.63) is 45.9 Å². The summed E-state index contributed by atoms with van der Waals surface area (Å²) >= 11 is 1.66. The van der Waals surface area contributed by atoms with E-state index in [1.54, 1.807) is 11.3 Å². The van der Waals surface area contributed by atoms with Gasteiger partial charge in [0.05, 0.1) is 13.1 Å². The van der Waals surface area contributed by atoms with E-state index >= 15 is 0 Å². The van der Waals surface area contributed by atoms with E-state index in [1.807, 2.05) is 13.1 Å². The summed E-state index contributed by atoms with van der Waals surface area (Å²) < 4.78 is 31.3. The molecule has 0 aliphatic heterocycles. The average molecular weight is 368 g/mol. The molecule has 2 N–H and O–H groups in total. The van der Waals surface area contributed by atoms with E-state index < -0.39 is 11.6 Å². The van der Waals surface area contributed by atoms with Gasteiger partial charge in [0, 0.05) is 23.7 Å². The highest BCUT2D eigenvalue weighted by Gasteiger charge is 2.04. The third kappa shape index (κ3) is 6.30. The molecule has 0 aliphatic rings. The highest BCUT2D eigenvalue weighted by Crippen LogP contribution is 2.15. The van der Waals surface area contributed by atoms with Crippen LogP contribution in [-0.4, -0.2) is 30.6 Å². The second-order valence-electron chi connectivity index (χ2n) is 5.12. The van der Waals surface area contributed by atoms with Gasteiger partial charge in [-0.1, -0.05) is 6.92 Å². The van der Waals surface area contributed by atoms with Crippen LogP contribution in [0.15, 0.2) is 29.4 Å². The summed E-state index contributed by atoms with van der Waals surface area (Å²) in [5, 5.41) is 7.24. The summed E-state index contributed by atoms with van der Waals surface area (Å²) in [5.74, 6) is -0.863. The monoisotopic (exact) mass is 368 g/mol. The quantitative estimate of drug-likeness (QED) is 0.427. The van der Waals surface area contributed by atoms with Crippen LogP contribution in [0.3, 0.4) is 0 Å². The van der Waals surface area contributed by atoms with Gasteiger partial charge in [-0.05, 0) is 25.5 Å². The van der Waals surface area contributed by atoms with E-state index in [9.17, 15) is 8.78 Å². The number of nitrogens with zero attached hydrogens (tertiary/aromatic N) is 2. The molecule has 8 heteroatoms. The van der Waals surface area contributed by atoms with Crippen LogP contribution in [0.25, 0.3) is 0 Å². The molecule has 0 radical (unpaired) electrons. The standard InChI is InChI=1S/C17H22F2N4OS/c1-3-13-10-22-16(25-13)11-23-17(20-4-2)21-7-8-24-12-5-6-14(18)15(19)9-12/h5-6,9-10H,3-4,7-8,11H2,1-2H3,(H2,20,21,23). The lowest BCUT2D eigenvalue weighted by Gasteiger charge is -2.12. The maximum Gasteiger partial charge on any atom is 0.191 e. The SMILES string of the molecule is CCNC(=NCc1ncc(CC)s1)NCCOc1ccc(F)c(F)c1. The number of guanidine groups is 1. The van der Waals surface area contributed by atoms with Gasteiger partial charge >= 0.3 is 0 Å². The molecule has 136 valence electrons. The van der Waals surface area contributed by atoms with Crippen molar-refractivity contribution in [1.29, 1.82) is 0 Å². The molecular weight excluding hydrogens is 346 g/mol. The molecule has 0 atom stereocenters. The smallest absolute Gasteiger partial charge is 0.191 e. The summed E-state index contributed by atoms with van der Waals surface area (Å²) in [6.45, 7) is 6.08. The molecule has 0 fully saturated rings. The van der Waals surface area contributed by atoms with Gasteiger partial charge in [-0.2, -0.15) is 0 Å². The Hall–Kier alpha value is -2.22. The average Bonchev–Trinajstić information content (AvgIpc) is 3.07. The van der Waals surface area contributed by atoms with Crippen LogP contribution in [0, 0.1) is 11.6 Å². The molecule has 5 nitrogen and oxygen atoms in total. The number of nitrogens with one attached hydrogen (secondary N) is 2. The van der Waals surface area contributed by atoms with Gasteiger partial charge in [0.2, 0.25) is 0 Å². The number of thiazole rings is 1. The molecule has 0 amide bonds. The highest BCUT2D eigenvalue weighted by atomic mass is 32.1. The fourth-order valence-corrected chi connectivity index (χ4v) is 2.76. The predicted octanol–water partition coefficient (Wildman–Crippen LogP) is 3.12. The van der Waals surface area contributed by atoms with Crippen molar-refractivity contribution < 1.29 is 13.5 Å². The third-order valence-corrected chi connectivity index (χ3v) is 4.35. The minimum atomic E-state index is -0.921. The van der Waals surface area contributed by atoms with Gasteiger partial charge in [-0.15, -0.1) is 11.3 Å². The van der Waals surface area contributed by atoms with Gasteiger partial charge in [0.1, 0.15) is 17.4 Å². The van der Waals surface area contributed by atoms with Crippen LogP contribution < -0.4 is 15.4 Å². The van der Waals surface area contributed by atoms with Crippen LogP contribution in [0.1, 0.15) is 23.7 Å². The molecule has 25 heavy (non-hydrogen) atoms. The first-order chi connectivity index (χ1) is 12.1. The number of rotatable bonds is 8. The maximum atomic E-state index is 13.1. The first-order valence-corrected chi connectivity index (χ1v) is 8.97. The zero-order chi connectivity index (χ0) is 18.1. The Morgan fingerprint density at radius 3 is 2.76 bits per heavy atom. The number of ether oxygens (including phenoxy) is 1. The number of halogens is 2. The topological polar surface area (TPSA) is 58.5 Å².